The van der Waals surface area contributed by atoms with E-state index >= 15 is 0 Å². The zero-order valence-corrected chi connectivity index (χ0v) is 11.3. The Balaban J connectivity index is 1.82. The first-order valence-electron chi connectivity index (χ1n) is 6.67. The lowest BCUT2D eigenvalue weighted by atomic mass is 9.97. The van der Waals surface area contributed by atoms with Crippen LogP contribution in [0.5, 0.6) is 0 Å². The predicted molar refractivity (Wildman–Crippen MR) is 76.0 cm³/mol. The summed E-state index contributed by atoms with van der Waals surface area (Å²) < 4.78 is 0. The average Bonchev–Trinajstić information content (AvgIpc) is 2.40. The van der Waals surface area contributed by atoms with Gasteiger partial charge in [-0.25, -0.2) is 9.97 Å². The van der Waals surface area contributed by atoms with Crippen LogP contribution < -0.4 is 10.2 Å². The molecular formula is C14H22N4. The summed E-state index contributed by atoms with van der Waals surface area (Å²) in [6.07, 6.45) is 10.4. The summed E-state index contributed by atoms with van der Waals surface area (Å²) >= 11 is 0. The number of nitrogens with one attached hydrogen (secondary N) is 1. The molecular weight excluding hydrogens is 224 g/mol. The first-order chi connectivity index (χ1) is 8.75. The maximum absolute atomic E-state index is 4.24. The number of anilines is 2. The molecule has 1 aromatic heterocycles. The SMILES string of the molecule is CN(C)c1cc(NCCC2=CCCCC2)ncn1. The van der Waals surface area contributed by atoms with Gasteiger partial charge in [-0.2, -0.15) is 0 Å². The average molecular weight is 246 g/mol. The lowest BCUT2D eigenvalue weighted by Crippen LogP contribution is -2.12. The van der Waals surface area contributed by atoms with Crippen LogP contribution in [0.3, 0.4) is 0 Å². The lowest BCUT2D eigenvalue weighted by Gasteiger charge is -2.14. The topological polar surface area (TPSA) is 41.0 Å². The zero-order valence-electron chi connectivity index (χ0n) is 11.3. The molecule has 4 heteroatoms. The molecule has 1 aliphatic carbocycles. The highest BCUT2D eigenvalue weighted by molar-refractivity contribution is 5.47. The van der Waals surface area contributed by atoms with Crippen LogP contribution in [0.25, 0.3) is 0 Å². The second kappa shape index (κ2) is 6.38. The molecule has 98 valence electrons. The van der Waals surface area contributed by atoms with Crippen molar-refractivity contribution in [3.05, 3.63) is 24.0 Å². The maximum atomic E-state index is 4.24. The Bertz CT molecular complexity index is 412. The van der Waals surface area contributed by atoms with Gasteiger partial charge >= 0.3 is 0 Å². The molecule has 4 nitrogen and oxygen atoms in total. The smallest absolute Gasteiger partial charge is 0.133 e. The minimum atomic E-state index is 0.908. The van der Waals surface area contributed by atoms with E-state index in [9.17, 15) is 0 Å². The van der Waals surface area contributed by atoms with Crippen LogP contribution in [0.4, 0.5) is 11.6 Å². The van der Waals surface area contributed by atoms with E-state index in [4.69, 9.17) is 0 Å². The van der Waals surface area contributed by atoms with E-state index in [-0.39, 0.29) is 0 Å². The summed E-state index contributed by atoms with van der Waals surface area (Å²) in [6, 6.07) is 1.98. The van der Waals surface area contributed by atoms with Crippen molar-refractivity contribution < 1.29 is 0 Å². The van der Waals surface area contributed by atoms with Gasteiger partial charge < -0.3 is 10.2 Å². The summed E-state index contributed by atoms with van der Waals surface area (Å²) in [7, 11) is 3.97. The van der Waals surface area contributed by atoms with Crippen LogP contribution >= 0.6 is 0 Å². The summed E-state index contributed by atoms with van der Waals surface area (Å²) in [4.78, 5) is 10.4. The van der Waals surface area contributed by atoms with E-state index in [0.29, 0.717) is 0 Å². The largest absolute Gasteiger partial charge is 0.370 e. The monoisotopic (exact) mass is 246 g/mol. The van der Waals surface area contributed by atoms with Gasteiger partial charge in [0.1, 0.15) is 18.0 Å². The second-order valence-electron chi connectivity index (χ2n) is 4.94. The number of allylic oxidation sites excluding steroid dienone is 1. The molecule has 0 aliphatic heterocycles. The summed E-state index contributed by atoms with van der Waals surface area (Å²) in [5.74, 6) is 1.84. The van der Waals surface area contributed by atoms with E-state index in [1.54, 1.807) is 11.9 Å². The molecule has 0 unspecified atom stereocenters. The number of hydrogen-bond acceptors (Lipinski definition) is 4. The summed E-state index contributed by atoms with van der Waals surface area (Å²) in [5, 5.41) is 3.37. The lowest BCUT2D eigenvalue weighted by molar-refractivity contribution is 0.679. The molecule has 0 radical (unpaired) electrons. The van der Waals surface area contributed by atoms with E-state index in [0.717, 1.165) is 24.6 Å². The molecule has 0 saturated heterocycles. The van der Waals surface area contributed by atoms with Gasteiger partial charge in [0.25, 0.3) is 0 Å². The molecule has 0 aromatic carbocycles. The van der Waals surface area contributed by atoms with Gasteiger partial charge in [0.15, 0.2) is 0 Å². The molecule has 0 atom stereocenters. The Hall–Kier alpha value is -1.58. The van der Waals surface area contributed by atoms with Crippen molar-refractivity contribution in [2.75, 3.05) is 30.9 Å². The Labute approximate surface area is 109 Å². The maximum Gasteiger partial charge on any atom is 0.133 e. The van der Waals surface area contributed by atoms with Crippen molar-refractivity contribution in [3.8, 4) is 0 Å². The van der Waals surface area contributed by atoms with Crippen LogP contribution in [-0.4, -0.2) is 30.6 Å². The molecule has 1 N–H and O–H groups in total. The predicted octanol–water partition coefficient (Wildman–Crippen LogP) is 2.85. The Morgan fingerprint density at radius 1 is 1.28 bits per heavy atom. The number of hydrogen-bond donors (Lipinski definition) is 1. The van der Waals surface area contributed by atoms with Gasteiger partial charge in [-0.05, 0) is 32.1 Å². The van der Waals surface area contributed by atoms with Crippen LogP contribution in [0.15, 0.2) is 24.0 Å². The van der Waals surface area contributed by atoms with Gasteiger partial charge in [-0.15, -0.1) is 0 Å². The third-order valence-corrected chi connectivity index (χ3v) is 3.25. The van der Waals surface area contributed by atoms with Gasteiger partial charge in [-0.1, -0.05) is 11.6 Å². The van der Waals surface area contributed by atoms with E-state index in [1.807, 2.05) is 25.1 Å². The van der Waals surface area contributed by atoms with E-state index in [1.165, 1.54) is 25.7 Å². The van der Waals surface area contributed by atoms with Crippen molar-refractivity contribution in [1.29, 1.82) is 0 Å². The first kappa shape index (κ1) is 12.9. The Morgan fingerprint density at radius 3 is 2.89 bits per heavy atom. The molecule has 0 amide bonds. The third kappa shape index (κ3) is 3.72. The zero-order chi connectivity index (χ0) is 12.8. The molecule has 18 heavy (non-hydrogen) atoms. The fourth-order valence-corrected chi connectivity index (χ4v) is 2.17. The normalized spacial score (nSPS) is 15.1. The van der Waals surface area contributed by atoms with Crippen LogP contribution in [0.1, 0.15) is 32.1 Å². The van der Waals surface area contributed by atoms with E-state index < -0.39 is 0 Å². The molecule has 2 rings (SSSR count). The van der Waals surface area contributed by atoms with Crippen LogP contribution in [-0.2, 0) is 0 Å². The fraction of sp³-hybridized carbons (Fsp3) is 0.571. The van der Waals surface area contributed by atoms with Crippen LogP contribution in [0, 0.1) is 0 Å². The first-order valence-corrected chi connectivity index (χ1v) is 6.67. The molecule has 0 saturated carbocycles. The quantitative estimate of drug-likeness (QED) is 0.811. The fourth-order valence-electron chi connectivity index (χ4n) is 2.17. The second-order valence-corrected chi connectivity index (χ2v) is 4.94. The minimum absolute atomic E-state index is 0.908. The summed E-state index contributed by atoms with van der Waals surface area (Å²) in [5.41, 5.74) is 1.59. The van der Waals surface area contributed by atoms with Gasteiger partial charge in [0.2, 0.25) is 0 Å². The molecule has 1 heterocycles. The summed E-state index contributed by atoms with van der Waals surface area (Å²) in [6.45, 7) is 0.954. The number of rotatable bonds is 5. The van der Waals surface area contributed by atoms with Crippen molar-refractivity contribution in [3.63, 3.8) is 0 Å². The van der Waals surface area contributed by atoms with Crippen molar-refractivity contribution in [2.45, 2.75) is 32.1 Å². The molecule has 0 spiro atoms. The van der Waals surface area contributed by atoms with E-state index in [2.05, 4.69) is 21.4 Å². The highest BCUT2D eigenvalue weighted by atomic mass is 15.2. The van der Waals surface area contributed by atoms with Crippen molar-refractivity contribution >= 4 is 11.6 Å². The highest BCUT2D eigenvalue weighted by Gasteiger charge is 2.04. The Morgan fingerprint density at radius 2 is 2.17 bits per heavy atom. The van der Waals surface area contributed by atoms with Crippen LogP contribution in [0.2, 0.25) is 0 Å². The highest BCUT2D eigenvalue weighted by Crippen LogP contribution is 2.20. The Kier molecular flexibility index (Phi) is 4.56. The minimum Gasteiger partial charge on any atom is -0.370 e. The molecule has 0 bridgehead atoms. The van der Waals surface area contributed by atoms with Gasteiger partial charge in [0.05, 0.1) is 0 Å². The third-order valence-electron chi connectivity index (χ3n) is 3.25. The van der Waals surface area contributed by atoms with Gasteiger partial charge in [-0.3, -0.25) is 0 Å². The molecule has 0 fully saturated rings. The number of aromatic nitrogens is 2. The molecule has 1 aliphatic rings. The van der Waals surface area contributed by atoms with Gasteiger partial charge in [0, 0.05) is 26.7 Å². The number of nitrogens with zero attached hydrogens (tertiary/aromatic N) is 3. The standard InChI is InChI=1S/C14H22N4/c1-18(2)14-10-13(16-11-17-14)15-9-8-12-6-4-3-5-7-12/h6,10-11H,3-5,7-9H2,1-2H3,(H,15,16,17). The molecule has 1 aromatic rings. The van der Waals surface area contributed by atoms with Crippen molar-refractivity contribution in [2.24, 2.45) is 0 Å². The van der Waals surface area contributed by atoms with Crippen molar-refractivity contribution in [1.82, 2.24) is 9.97 Å².